The maximum absolute atomic E-state index is 12.0. The number of allylic oxidation sites excluding steroid dienone is 2. The second-order valence-corrected chi connectivity index (χ2v) is 12.4. The van der Waals surface area contributed by atoms with E-state index in [1.165, 1.54) is 19.3 Å². The van der Waals surface area contributed by atoms with Gasteiger partial charge in [0.2, 0.25) is 5.96 Å². The number of nitrogens with zero attached hydrogens (tertiary/aromatic N) is 3. The third-order valence-electron chi connectivity index (χ3n) is 10.8. The number of hydrazone groups is 1. The van der Waals surface area contributed by atoms with Crippen molar-refractivity contribution in [2.24, 2.45) is 44.6 Å². The van der Waals surface area contributed by atoms with E-state index in [9.17, 15) is 10.2 Å². The third-order valence-corrected chi connectivity index (χ3v) is 10.8. The van der Waals surface area contributed by atoms with Gasteiger partial charge in [0.25, 0.3) is 0 Å². The van der Waals surface area contributed by atoms with Crippen LogP contribution in [0.15, 0.2) is 21.7 Å². The Labute approximate surface area is 199 Å². The zero-order valence-corrected chi connectivity index (χ0v) is 21.1. The molecule has 1 heterocycles. The van der Waals surface area contributed by atoms with Crippen LogP contribution >= 0.6 is 0 Å². The summed E-state index contributed by atoms with van der Waals surface area (Å²) in [5.74, 6) is 2.60. The van der Waals surface area contributed by atoms with E-state index >= 15 is 0 Å². The lowest BCUT2D eigenvalue weighted by Crippen LogP contribution is -2.62. The highest BCUT2D eigenvalue weighted by Gasteiger charge is 2.65. The minimum absolute atomic E-state index is 0.0985. The van der Waals surface area contributed by atoms with Crippen molar-refractivity contribution in [2.45, 2.75) is 90.3 Å². The van der Waals surface area contributed by atoms with E-state index < -0.39 is 5.60 Å². The summed E-state index contributed by atoms with van der Waals surface area (Å²) in [5, 5.41) is 27.3. The minimum atomic E-state index is -0.497. The molecule has 184 valence electrons. The zero-order chi connectivity index (χ0) is 23.4. The first-order valence-corrected chi connectivity index (χ1v) is 13.3. The first-order valence-electron chi connectivity index (χ1n) is 13.3. The minimum Gasteiger partial charge on any atom is -0.393 e. The van der Waals surface area contributed by atoms with Gasteiger partial charge in [0.1, 0.15) is 0 Å². The molecule has 5 rings (SSSR count). The molecule has 3 N–H and O–H groups in total. The molecule has 0 aromatic rings. The Bertz CT molecular complexity index is 855. The van der Waals surface area contributed by atoms with E-state index in [0.29, 0.717) is 23.7 Å². The van der Waals surface area contributed by atoms with Gasteiger partial charge in [0, 0.05) is 19.8 Å². The first kappa shape index (κ1) is 23.3. The fraction of sp³-hybridized carbons (Fsp3) is 0.852. The van der Waals surface area contributed by atoms with E-state index in [1.807, 2.05) is 13.3 Å². The molecule has 4 aliphatic carbocycles. The number of aliphatic hydroxyl groups excluding tert-OH is 1. The van der Waals surface area contributed by atoms with Crippen LogP contribution in [0.5, 0.6) is 0 Å². The number of nitrogens with one attached hydrogen (secondary N) is 1. The summed E-state index contributed by atoms with van der Waals surface area (Å²) in [4.78, 5) is 6.50. The number of guanidine groups is 1. The third kappa shape index (κ3) is 3.67. The van der Waals surface area contributed by atoms with Crippen molar-refractivity contribution in [3.8, 4) is 0 Å². The second kappa shape index (κ2) is 8.37. The molecule has 0 saturated heterocycles. The number of aliphatic hydroxyl groups is 2. The van der Waals surface area contributed by atoms with E-state index in [0.717, 1.165) is 63.1 Å². The SMILES string of the molecule is CC(/C=N/NC1=NCCN1C)=C\C1C[C@H](O)C[C@H]2CC[C@@H]3[C@H](CC[C@]4(C)CCC[C@]34O)[C@@]12C. The van der Waals surface area contributed by atoms with Gasteiger partial charge in [0.15, 0.2) is 0 Å². The normalized spacial score (nSPS) is 47.8. The molecule has 0 spiro atoms. The predicted molar refractivity (Wildman–Crippen MR) is 133 cm³/mol. The quantitative estimate of drug-likeness (QED) is 0.444. The molecule has 0 amide bonds. The Morgan fingerprint density at radius 2 is 1.97 bits per heavy atom. The predicted octanol–water partition coefficient (Wildman–Crippen LogP) is 3.94. The van der Waals surface area contributed by atoms with E-state index in [4.69, 9.17) is 0 Å². The van der Waals surface area contributed by atoms with Crippen LogP contribution in [0.2, 0.25) is 0 Å². The Balaban J connectivity index is 1.40. The lowest BCUT2D eigenvalue weighted by molar-refractivity contribution is -0.211. The van der Waals surface area contributed by atoms with Gasteiger partial charge in [0.05, 0.1) is 18.2 Å². The number of hydrogen-bond donors (Lipinski definition) is 3. The smallest absolute Gasteiger partial charge is 0.214 e. The molecule has 8 atom stereocenters. The second-order valence-electron chi connectivity index (χ2n) is 12.4. The molecule has 0 radical (unpaired) electrons. The van der Waals surface area contributed by atoms with Gasteiger partial charge < -0.3 is 15.1 Å². The number of rotatable bonds is 3. The fourth-order valence-corrected chi connectivity index (χ4v) is 8.80. The van der Waals surface area contributed by atoms with Gasteiger partial charge in [-0.1, -0.05) is 19.9 Å². The number of likely N-dealkylation sites (N-methyl/N-ethyl adjacent to an activating group) is 1. The van der Waals surface area contributed by atoms with Gasteiger partial charge in [-0.2, -0.15) is 5.10 Å². The van der Waals surface area contributed by atoms with Crippen LogP contribution in [0.1, 0.15) is 78.6 Å². The Hall–Kier alpha value is -1.40. The fourth-order valence-electron chi connectivity index (χ4n) is 8.80. The van der Waals surface area contributed by atoms with Gasteiger partial charge in [-0.25, -0.2) is 10.4 Å². The first-order chi connectivity index (χ1) is 15.7. The molecule has 0 bridgehead atoms. The van der Waals surface area contributed by atoms with Crippen molar-refractivity contribution in [3.05, 3.63) is 11.6 Å². The summed E-state index contributed by atoms with van der Waals surface area (Å²) in [6.45, 7) is 8.71. The molecule has 1 aliphatic heterocycles. The van der Waals surface area contributed by atoms with Crippen LogP contribution in [0.3, 0.4) is 0 Å². The standard InChI is InChI=1S/C27H44N4O2/c1-18(17-29-30-24-28-12-13-31(24)4)14-20-16-21(32)15-19-6-7-23-22(26(19,20)3)8-11-25(2)9-5-10-27(23,25)33/h14,17,19-23,32-33H,5-13,15-16H2,1-4H3,(H,28,30)/b18-14+,29-17+/t19-,20?,21-,22+,23-,25+,26-,27+/m1/s1. The summed E-state index contributed by atoms with van der Waals surface area (Å²) >= 11 is 0. The molecule has 1 unspecified atom stereocenters. The summed E-state index contributed by atoms with van der Waals surface area (Å²) in [7, 11) is 2.02. The lowest BCUT2D eigenvalue weighted by atomic mass is 9.41. The van der Waals surface area contributed by atoms with Crippen molar-refractivity contribution >= 4 is 12.2 Å². The number of fused-ring (bicyclic) bond motifs is 5. The Morgan fingerprint density at radius 3 is 2.73 bits per heavy atom. The highest BCUT2D eigenvalue weighted by Crippen LogP contribution is 2.68. The maximum atomic E-state index is 12.0. The van der Waals surface area contributed by atoms with Crippen LogP contribution in [-0.4, -0.2) is 59.1 Å². The van der Waals surface area contributed by atoms with Crippen LogP contribution in [-0.2, 0) is 0 Å². The average Bonchev–Trinajstić information content (AvgIpc) is 3.31. The Kier molecular flexibility index (Phi) is 5.92. The van der Waals surface area contributed by atoms with Crippen LogP contribution in [0, 0.1) is 34.5 Å². The van der Waals surface area contributed by atoms with Gasteiger partial charge in [-0.3, -0.25) is 0 Å². The van der Waals surface area contributed by atoms with E-state index in [2.05, 4.69) is 47.3 Å². The van der Waals surface area contributed by atoms with Crippen molar-refractivity contribution < 1.29 is 10.2 Å². The van der Waals surface area contributed by atoms with Crippen LogP contribution < -0.4 is 5.43 Å². The van der Waals surface area contributed by atoms with Crippen molar-refractivity contribution in [3.63, 3.8) is 0 Å². The molecule has 33 heavy (non-hydrogen) atoms. The van der Waals surface area contributed by atoms with Crippen molar-refractivity contribution in [1.29, 1.82) is 0 Å². The molecule has 4 fully saturated rings. The highest BCUT2D eigenvalue weighted by molar-refractivity contribution is 5.84. The summed E-state index contributed by atoms with van der Waals surface area (Å²) in [6, 6.07) is 0. The van der Waals surface area contributed by atoms with Crippen LogP contribution in [0.25, 0.3) is 0 Å². The van der Waals surface area contributed by atoms with Crippen molar-refractivity contribution in [2.75, 3.05) is 20.1 Å². The molecule has 5 aliphatic rings. The molecule has 4 saturated carbocycles. The monoisotopic (exact) mass is 456 g/mol. The van der Waals surface area contributed by atoms with E-state index in [-0.39, 0.29) is 16.9 Å². The largest absolute Gasteiger partial charge is 0.393 e. The molecular formula is C27H44N4O2. The molecule has 0 aromatic carbocycles. The van der Waals surface area contributed by atoms with Gasteiger partial charge in [-0.05, 0) is 105 Å². The summed E-state index contributed by atoms with van der Waals surface area (Å²) in [5.41, 5.74) is 3.93. The summed E-state index contributed by atoms with van der Waals surface area (Å²) in [6.07, 6.45) is 13.7. The Morgan fingerprint density at radius 1 is 1.15 bits per heavy atom. The lowest BCUT2D eigenvalue weighted by Gasteiger charge is -2.64. The molecular weight excluding hydrogens is 412 g/mol. The number of aliphatic imine (C=N–C) groups is 1. The van der Waals surface area contributed by atoms with Crippen LogP contribution in [0.4, 0.5) is 0 Å². The highest BCUT2D eigenvalue weighted by atomic mass is 16.3. The van der Waals surface area contributed by atoms with Gasteiger partial charge >= 0.3 is 0 Å². The summed E-state index contributed by atoms with van der Waals surface area (Å²) < 4.78 is 0. The molecule has 6 heteroatoms. The number of hydrogen-bond acceptors (Lipinski definition) is 6. The van der Waals surface area contributed by atoms with Crippen molar-refractivity contribution in [1.82, 2.24) is 10.3 Å². The van der Waals surface area contributed by atoms with Gasteiger partial charge in [-0.15, -0.1) is 0 Å². The zero-order valence-electron chi connectivity index (χ0n) is 21.1. The molecule has 6 nitrogen and oxygen atoms in total. The molecule has 0 aromatic heterocycles. The average molecular weight is 457 g/mol. The van der Waals surface area contributed by atoms with E-state index in [1.54, 1.807) is 0 Å². The topological polar surface area (TPSA) is 80.5 Å². The maximum Gasteiger partial charge on any atom is 0.214 e.